The summed E-state index contributed by atoms with van der Waals surface area (Å²) in [4.78, 5) is 15.9. The highest BCUT2D eigenvalue weighted by molar-refractivity contribution is 6.30. The topological polar surface area (TPSA) is 51.3 Å². The minimum atomic E-state index is 0.0199. The molecule has 24 heavy (non-hydrogen) atoms. The van der Waals surface area contributed by atoms with E-state index in [9.17, 15) is 4.79 Å². The van der Waals surface area contributed by atoms with Crippen LogP contribution in [0.25, 0.3) is 10.9 Å². The Labute approximate surface area is 145 Å². The first-order chi connectivity index (χ1) is 11.5. The molecule has 1 N–H and O–H groups in total. The van der Waals surface area contributed by atoms with Crippen LogP contribution in [0.15, 0.2) is 36.5 Å². The van der Waals surface area contributed by atoms with Crippen molar-refractivity contribution in [1.82, 2.24) is 4.98 Å². The predicted octanol–water partition coefficient (Wildman–Crippen LogP) is 4.57. The summed E-state index contributed by atoms with van der Waals surface area (Å²) in [6.07, 6.45) is 1.99. The fraction of sp³-hybridized carbons (Fsp3) is 0.211. The Balaban J connectivity index is 1.96. The summed E-state index contributed by atoms with van der Waals surface area (Å²) in [7, 11) is 3.21. The van der Waals surface area contributed by atoms with E-state index in [1.54, 1.807) is 32.5 Å². The Morgan fingerprint density at radius 3 is 2.58 bits per heavy atom. The van der Waals surface area contributed by atoms with Gasteiger partial charge in [-0.15, -0.1) is 0 Å². The molecule has 0 aliphatic carbocycles. The molecule has 0 aliphatic rings. The zero-order valence-electron chi connectivity index (χ0n) is 13.8. The van der Waals surface area contributed by atoms with Crippen LogP contribution in [0.2, 0.25) is 5.02 Å². The molecule has 0 saturated carbocycles. The fourth-order valence-electron chi connectivity index (χ4n) is 2.84. The van der Waals surface area contributed by atoms with Gasteiger partial charge in [0.2, 0.25) is 0 Å². The number of fused-ring (bicyclic) bond motifs is 1. The van der Waals surface area contributed by atoms with Gasteiger partial charge in [0.25, 0.3) is 0 Å². The van der Waals surface area contributed by atoms with E-state index in [-0.39, 0.29) is 12.2 Å². The smallest absolute Gasteiger partial charge is 0.169 e. The third-order valence-corrected chi connectivity index (χ3v) is 4.33. The second kappa shape index (κ2) is 6.57. The minimum absolute atomic E-state index is 0.0199. The molecule has 3 rings (SSSR count). The number of rotatable bonds is 5. The predicted molar refractivity (Wildman–Crippen MR) is 95.6 cm³/mol. The Kier molecular flexibility index (Phi) is 4.49. The number of hydrogen-bond acceptors (Lipinski definition) is 3. The second-order valence-corrected chi connectivity index (χ2v) is 6.06. The first-order valence-corrected chi connectivity index (χ1v) is 7.92. The average Bonchev–Trinajstić information content (AvgIpc) is 2.98. The number of H-pyrrole nitrogens is 1. The number of nitrogens with one attached hydrogen (secondary N) is 1. The molecule has 0 radical (unpaired) electrons. The van der Waals surface area contributed by atoms with Crippen molar-refractivity contribution in [2.75, 3.05) is 14.2 Å². The fourth-order valence-corrected chi connectivity index (χ4v) is 3.00. The van der Waals surface area contributed by atoms with Crippen LogP contribution in [0.3, 0.4) is 0 Å². The summed E-state index contributed by atoms with van der Waals surface area (Å²) in [6.45, 7) is 1.96. The number of aryl methyl sites for hydroxylation is 1. The minimum Gasteiger partial charge on any atom is -0.496 e. The SMILES string of the molecule is COc1cc2[nH]cc(C(=O)Cc3ccc(Cl)cc3OC)c2cc1C. The lowest BCUT2D eigenvalue weighted by atomic mass is 10.0. The van der Waals surface area contributed by atoms with Gasteiger partial charge in [0, 0.05) is 45.7 Å². The first-order valence-electron chi connectivity index (χ1n) is 7.55. The Morgan fingerprint density at radius 2 is 1.88 bits per heavy atom. The maximum atomic E-state index is 12.8. The van der Waals surface area contributed by atoms with Gasteiger partial charge >= 0.3 is 0 Å². The summed E-state index contributed by atoms with van der Waals surface area (Å²) >= 11 is 5.97. The van der Waals surface area contributed by atoms with Crippen LogP contribution in [0, 0.1) is 6.92 Å². The molecule has 0 saturated heterocycles. The molecule has 5 heteroatoms. The zero-order chi connectivity index (χ0) is 17.3. The quantitative estimate of drug-likeness (QED) is 0.690. The van der Waals surface area contributed by atoms with Gasteiger partial charge in [-0.1, -0.05) is 17.7 Å². The summed E-state index contributed by atoms with van der Waals surface area (Å²) in [5, 5.41) is 1.48. The van der Waals surface area contributed by atoms with Gasteiger partial charge in [0.05, 0.1) is 14.2 Å². The maximum Gasteiger partial charge on any atom is 0.169 e. The number of carbonyl (C=O) groups excluding carboxylic acids is 1. The second-order valence-electron chi connectivity index (χ2n) is 5.63. The molecule has 1 heterocycles. The van der Waals surface area contributed by atoms with Crippen molar-refractivity contribution in [3.05, 3.63) is 58.2 Å². The van der Waals surface area contributed by atoms with Crippen molar-refractivity contribution in [3.63, 3.8) is 0 Å². The third-order valence-electron chi connectivity index (χ3n) is 4.10. The van der Waals surface area contributed by atoms with Crippen LogP contribution in [0.5, 0.6) is 11.5 Å². The van der Waals surface area contributed by atoms with Gasteiger partial charge in [0.1, 0.15) is 11.5 Å². The molecule has 2 aromatic carbocycles. The average molecular weight is 344 g/mol. The van der Waals surface area contributed by atoms with Gasteiger partial charge < -0.3 is 14.5 Å². The van der Waals surface area contributed by atoms with Crippen molar-refractivity contribution in [2.45, 2.75) is 13.3 Å². The van der Waals surface area contributed by atoms with Crippen molar-refractivity contribution in [3.8, 4) is 11.5 Å². The molecule has 4 nitrogen and oxygen atoms in total. The van der Waals surface area contributed by atoms with Crippen LogP contribution in [-0.2, 0) is 6.42 Å². The van der Waals surface area contributed by atoms with E-state index in [4.69, 9.17) is 21.1 Å². The molecule has 0 spiro atoms. The van der Waals surface area contributed by atoms with Crippen molar-refractivity contribution >= 4 is 28.3 Å². The number of aromatic amines is 1. The standard InChI is InChI=1S/C19H18ClNO3/c1-11-6-14-15(10-21-16(14)9-18(11)23-2)17(22)7-12-4-5-13(20)8-19(12)24-3/h4-6,8-10,21H,7H2,1-3H3. The number of benzene rings is 2. The summed E-state index contributed by atoms with van der Waals surface area (Å²) in [6, 6.07) is 9.18. The van der Waals surface area contributed by atoms with Crippen LogP contribution < -0.4 is 9.47 Å². The molecule has 0 aliphatic heterocycles. The largest absolute Gasteiger partial charge is 0.496 e. The van der Waals surface area contributed by atoms with Crippen molar-refractivity contribution in [2.24, 2.45) is 0 Å². The number of halogens is 1. The van der Waals surface area contributed by atoms with E-state index >= 15 is 0 Å². The Morgan fingerprint density at radius 1 is 1.12 bits per heavy atom. The molecule has 3 aromatic rings. The van der Waals surface area contributed by atoms with E-state index in [2.05, 4.69) is 4.98 Å². The Hall–Kier alpha value is -2.46. The normalized spacial score (nSPS) is 10.8. The molecule has 0 atom stereocenters. The van der Waals surface area contributed by atoms with Crippen LogP contribution in [-0.4, -0.2) is 25.0 Å². The number of Topliss-reactive ketones (excluding diaryl/α,β-unsaturated/α-hetero) is 1. The maximum absolute atomic E-state index is 12.8. The highest BCUT2D eigenvalue weighted by atomic mass is 35.5. The number of methoxy groups -OCH3 is 2. The Bertz CT molecular complexity index is 914. The zero-order valence-corrected chi connectivity index (χ0v) is 14.5. The van der Waals surface area contributed by atoms with Gasteiger partial charge in [-0.05, 0) is 30.7 Å². The van der Waals surface area contributed by atoms with E-state index in [1.807, 2.05) is 25.1 Å². The molecule has 0 bridgehead atoms. The van der Waals surface area contributed by atoms with Crippen molar-refractivity contribution < 1.29 is 14.3 Å². The summed E-state index contributed by atoms with van der Waals surface area (Å²) in [5.74, 6) is 1.43. The molecular weight excluding hydrogens is 326 g/mol. The number of ether oxygens (including phenoxy) is 2. The molecule has 0 unspecified atom stereocenters. The van der Waals surface area contributed by atoms with E-state index in [1.165, 1.54) is 0 Å². The number of carbonyl (C=O) groups is 1. The van der Waals surface area contributed by atoms with Crippen LogP contribution >= 0.6 is 11.6 Å². The number of hydrogen-bond donors (Lipinski definition) is 1. The molecule has 124 valence electrons. The number of aromatic nitrogens is 1. The molecule has 1 aromatic heterocycles. The lowest BCUT2D eigenvalue weighted by Gasteiger charge is -2.08. The molecular formula is C19H18ClNO3. The summed E-state index contributed by atoms with van der Waals surface area (Å²) < 4.78 is 10.6. The lowest BCUT2D eigenvalue weighted by Crippen LogP contribution is -2.04. The lowest BCUT2D eigenvalue weighted by molar-refractivity contribution is 0.0993. The highest BCUT2D eigenvalue weighted by Crippen LogP contribution is 2.29. The van der Waals surface area contributed by atoms with Crippen LogP contribution in [0.4, 0.5) is 0 Å². The first kappa shape index (κ1) is 16.4. The van der Waals surface area contributed by atoms with Crippen molar-refractivity contribution in [1.29, 1.82) is 0 Å². The van der Waals surface area contributed by atoms with E-state index in [0.717, 1.165) is 27.8 Å². The third kappa shape index (κ3) is 2.97. The highest BCUT2D eigenvalue weighted by Gasteiger charge is 2.16. The van der Waals surface area contributed by atoms with Gasteiger partial charge in [-0.3, -0.25) is 4.79 Å². The van der Waals surface area contributed by atoms with Crippen LogP contribution in [0.1, 0.15) is 21.5 Å². The van der Waals surface area contributed by atoms with E-state index < -0.39 is 0 Å². The van der Waals surface area contributed by atoms with Gasteiger partial charge in [-0.25, -0.2) is 0 Å². The van der Waals surface area contributed by atoms with Gasteiger partial charge in [0.15, 0.2) is 5.78 Å². The van der Waals surface area contributed by atoms with E-state index in [0.29, 0.717) is 16.3 Å². The monoisotopic (exact) mass is 343 g/mol. The number of ketones is 1. The molecule has 0 fully saturated rings. The summed E-state index contributed by atoms with van der Waals surface area (Å²) in [5.41, 5.74) is 3.34. The molecule has 0 amide bonds. The van der Waals surface area contributed by atoms with Gasteiger partial charge in [-0.2, -0.15) is 0 Å².